The lowest BCUT2D eigenvalue weighted by molar-refractivity contribution is 0.520. The van der Waals surface area contributed by atoms with Gasteiger partial charge in [-0.05, 0) is 13.0 Å². The van der Waals surface area contributed by atoms with Crippen molar-refractivity contribution in [3.05, 3.63) is 0 Å². The maximum absolute atomic E-state index is 12.0. The summed E-state index contributed by atoms with van der Waals surface area (Å²) in [5.74, 6) is 0. The van der Waals surface area contributed by atoms with E-state index in [0.717, 1.165) is 0 Å². The first-order chi connectivity index (χ1) is 5.19. The topological polar surface area (TPSA) is 94.3 Å². The molecule has 0 heterocycles. The molecule has 0 aliphatic carbocycles. The Morgan fingerprint density at radius 3 is 1.50 bits per heavy atom. The first-order valence-corrected chi connectivity index (χ1v) is 5.66. The van der Waals surface area contributed by atoms with Gasteiger partial charge in [0, 0.05) is 0 Å². The second-order valence-corrected chi connectivity index (χ2v) is 5.30. The SMILES string of the molecule is NCCC(S(=O)(=O)F)S(=O)(=O)F. The summed E-state index contributed by atoms with van der Waals surface area (Å²) in [6.07, 6.45) is -0.794. The van der Waals surface area contributed by atoms with E-state index >= 15 is 0 Å². The van der Waals surface area contributed by atoms with Gasteiger partial charge in [-0.15, -0.1) is 7.77 Å². The molecule has 2 N–H and O–H groups in total. The molecule has 0 spiro atoms. The van der Waals surface area contributed by atoms with Gasteiger partial charge >= 0.3 is 20.4 Å². The maximum Gasteiger partial charge on any atom is 0.322 e. The number of rotatable bonds is 4. The Kier molecular flexibility index (Phi) is 3.54. The molecule has 0 unspecified atom stereocenters. The molecule has 0 aliphatic heterocycles. The van der Waals surface area contributed by atoms with Crippen LogP contribution < -0.4 is 5.73 Å². The third-order valence-electron chi connectivity index (χ3n) is 1.03. The average Bonchev–Trinajstić information content (AvgIpc) is 1.77. The van der Waals surface area contributed by atoms with Crippen LogP contribution in [0, 0.1) is 0 Å². The van der Waals surface area contributed by atoms with E-state index in [1.54, 1.807) is 0 Å². The van der Waals surface area contributed by atoms with Crippen LogP contribution in [0.2, 0.25) is 0 Å². The van der Waals surface area contributed by atoms with Crippen LogP contribution in [0.1, 0.15) is 6.42 Å². The molecule has 0 fully saturated rings. The highest BCUT2D eigenvalue weighted by atomic mass is 32.3. The summed E-state index contributed by atoms with van der Waals surface area (Å²) in [7, 11) is -10.9. The van der Waals surface area contributed by atoms with E-state index in [2.05, 4.69) is 0 Å². The van der Waals surface area contributed by atoms with Crippen LogP contribution in [0.4, 0.5) is 7.77 Å². The van der Waals surface area contributed by atoms with Crippen molar-refractivity contribution in [3.63, 3.8) is 0 Å². The molecule has 0 aromatic carbocycles. The zero-order chi connectivity index (χ0) is 9.99. The normalized spacial score (nSPS) is 13.7. The van der Waals surface area contributed by atoms with E-state index in [9.17, 15) is 24.6 Å². The molecule has 0 bridgehead atoms. The van der Waals surface area contributed by atoms with Gasteiger partial charge in [0.1, 0.15) is 0 Å². The molecule has 0 rings (SSSR count). The van der Waals surface area contributed by atoms with Crippen LogP contribution in [0.3, 0.4) is 0 Å². The number of halogens is 2. The Bertz CT molecular complexity index is 301. The predicted molar refractivity (Wildman–Crippen MR) is 37.5 cm³/mol. The lowest BCUT2D eigenvalue weighted by Gasteiger charge is -2.04. The first-order valence-electron chi connectivity index (χ1n) is 2.76. The fourth-order valence-electron chi connectivity index (χ4n) is 0.555. The molecule has 0 saturated carbocycles. The van der Waals surface area contributed by atoms with Gasteiger partial charge < -0.3 is 5.73 Å². The molecule has 0 radical (unpaired) electrons. The van der Waals surface area contributed by atoms with Crippen LogP contribution in [0.15, 0.2) is 0 Å². The summed E-state index contributed by atoms with van der Waals surface area (Å²) in [6.45, 7) is -0.434. The van der Waals surface area contributed by atoms with Crippen LogP contribution in [0.5, 0.6) is 0 Å². The summed E-state index contributed by atoms with van der Waals surface area (Å²) >= 11 is 0. The van der Waals surface area contributed by atoms with Gasteiger partial charge in [-0.2, -0.15) is 16.8 Å². The lowest BCUT2D eigenvalue weighted by atomic mass is 10.5. The first kappa shape index (κ1) is 11.7. The standard InChI is InChI=1S/C3H7F2NO4S2/c4-11(7,8)3(1-2-6)12(5,9)10/h3H,1-2,6H2. The lowest BCUT2D eigenvalue weighted by Crippen LogP contribution is -2.27. The summed E-state index contributed by atoms with van der Waals surface area (Å²) < 4.78 is 61.5. The molecule has 5 nitrogen and oxygen atoms in total. The van der Waals surface area contributed by atoms with Crippen LogP contribution in [-0.4, -0.2) is 28.0 Å². The van der Waals surface area contributed by atoms with Gasteiger partial charge in [-0.3, -0.25) is 0 Å². The third kappa shape index (κ3) is 3.41. The van der Waals surface area contributed by atoms with Gasteiger partial charge in [-0.25, -0.2) is 0 Å². The third-order valence-corrected chi connectivity index (χ3v) is 4.14. The smallest absolute Gasteiger partial charge is 0.322 e. The van der Waals surface area contributed by atoms with E-state index in [0.29, 0.717) is 0 Å². The summed E-state index contributed by atoms with van der Waals surface area (Å²) in [4.78, 5) is 0. The highest BCUT2D eigenvalue weighted by Gasteiger charge is 2.37. The molecule has 0 aromatic rings. The number of nitrogens with two attached hydrogens (primary N) is 1. The van der Waals surface area contributed by atoms with Crippen molar-refractivity contribution in [2.75, 3.05) is 6.54 Å². The highest BCUT2D eigenvalue weighted by molar-refractivity contribution is 8.04. The Morgan fingerprint density at radius 1 is 1.08 bits per heavy atom. The van der Waals surface area contributed by atoms with Gasteiger partial charge in [0.05, 0.1) is 0 Å². The van der Waals surface area contributed by atoms with E-state index in [4.69, 9.17) is 5.73 Å². The predicted octanol–water partition coefficient (Wildman–Crippen LogP) is -0.740. The second kappa shape index (κ2) is 3.62. The van der Waals surface area contributed by atoms with Crippen LogP contribution >= 0.6 is 0 Å². The number of hydrogen-bond acceptors (Lipinski definition) is 5. The Balaban J connectivity index is 4.97. The summed E-state index contributed by atoms with van der Waals surface area (Å²) in [5.41, 5.74) is 4.76. The van der Waals surface area contributed by atoms with Crippen molar-refractivity contribution >= 4 is 20.4 Å². The van der Waals surface area contributed by atoms with Gasteiger partial charge in [0.15, 0.2) is 0 Å². The van der Waals surface area contributed by atoms with Crippen molar-refractivity contribution in [2.24, 2.45) is 5.73 Å². The summed E-state index contributed by atoms with van der Waals surface area (Å²) in [6, 6.07) is 0. The fraction of sp³-hybridized carbons (Fsp3) is 1.00. The van der Waals surface area contributed by atoms with E-state index in [1.807, 2.05) is 0 Å². The van der Waals surface area contributed by atoms with Crippen molar-refractivity contribution in [3.8, 4) is 0 Å². The van der Waals surface area contributed by atoms with Crippen LogP contribution in [0.25, 0.3) is 0 Å². The Morgan fingerprint density at radius 2 is 1.42 bits per heavy atom. The van der Waals surface area contributed by atoms with E-state index in [1.165, 1.54) is 0 Å². The van der Waals surface area contributed by atoms with Crippen molar-refractivity contribution in [1.82, 2.24) is 0 Å². The van der Waals surface area contributed by atoms with E-state index < -0.39 is 38.0 Å². The fourth-order valence-corrected chi connectivity index (χ4v) is 2.49. The Hall–Kier alpha value is -0.280. The molecular weight excluding hydrogens is 216 g/mol. The van der Waals surface area contributed by atoms with Crippen molar-refractivity contribution < 1.29 is 24.6 Å². The highest BCUT2D eigenvalue weighted by Crippen LogP contribution is 2.16. The molecule has 0 aromatic heterocycles. The second-order valence-electron chi connectivity index (χ2n) is 1.96. The minimum absolute atomic E-state index is 0.434. The monoisotopic (exact) mass is 223 g/mol. The molecule has 0 amide bonds. The molecule has 0 saturated heterocycles. The quantitative estimate of drug-likeness (QED) is 0.633. The Labute approximate surface area is 69.0 Å². The van der Waals surface area contributed by atoms with Gasteiger partial charge in [0.25, 0.3) is 0 Å². The molecule has 0 atom stereocenters. The molecular formula is C3H7F2NO4S2. The number of hydrogen-bond donors (Lipinski definition) is 1. The van der Waals surface area contributed by atoms with Crippen LogP contribution in [-0.2, 0) is 20.4 Å². The van der Waals surface area contributed by atoms with E-state index in [-0.39, 0.29) is 0 Å². The molecule has 0 aliphatic rings. The molecule has 12 heavy (non-hydrogen) atoms. The average molecular weight is 223 g/mol. The molecule has 9 heteroatoms. The summed E-state index contributed by atoms with van der Waals surface area (Å²) in [5, 5.41) is 0. The largest absolute Gasteiger partial charge is 0.330 e. The van der Waals surface area contributed by atoms with Gasteiger partial charge in [-0.1, -0.05) is 0 Å². The minimum Gasteiger partial charge on any atom is -0.330 e. The molecule has 74 valence electrons. The van der Waals surface area contributed by atoms with Crippen molar-refractivity contribution in [2.45, 2.75) is 11.0 Å². The van der Waals surface area contributed by atoms with Crippen molar-refractivity contribution in [1.29, 1.82) is 0 Å². The zero-order valence-corrected chi connectivity index (χ0v) is 7.41. The van der Waals surface area contributed by atoms with Gasteiger partial charge in [0.2, 0.25) is 4.58 Å². The zero-order valence-electron chi connectivity index (χ0n) is 5.77. The maximum atomic E-state index is 12.0. The minimum atomic E-state index is -5.43.